The molecule has 7 nitrogen and oxygen atoms in total. The highest BCUT2D eigenvalue weighted by Crippen LogP contribution is 2.14. The van der Waals surface area contributed by atoms with Gasteiger partial charge in [0.05, 0.1) is 4.90 Å². The highest BCUT2D eigenvalue weighted by molar-refractivity contribution is 7.90. The number of rotatable bonds is 8. The summed E-state index contributed by atoms with van der Waals surface area (Å²) < 4.78 is 29.7. The summed E-state index contributed by atoms with van der Waals surface area (Å²) in [5.41, 5.74) is 1.01. The van der Waals surface area contributed by atoms with Crippen molar-refractivity contribution >= 4 is 15.7 Å². The fourth-order valence-corrected chi connectivity index (χ4v) is 3.63. The third-order valence-corrected chi connectivity index (χ3v) is 5.46. The average molecular weight is 385 g/mol. The Morgan fingerprint density at radius 1 is 1.00 bits per heavy atom. The van der Waals surface area contributed by atoms with Gasteiger partial charge in [-0.2, -0.15) is 4.98 Å². The van der Waals surface area contributed by atoms with E-state index in [1.54, 1.807) is 18.2 Å². The lowest BCUT2D eigenvalue weighted by molar-refractivity contribution is -0.121. The maximum atomic E-state index is 12.3. The molecule has 140 valence electrons. The van der Waals surface area contributed by atoms with Crippen LogP contribution in [0, 0.1) is 0 Å². The van der Waals surface area contributed by atoms with E-state index in [1.807, 2.05) is 30.3 Å². The summed E-state index contributed by atoms with van der Waals surface area (Å²) in [6, 6.07) is 17.7. The van der Waals surface area contributed by atoms with E-state index in [9.17, 15) is 13.2 Å². The lowest BCUT2D eigenvalue weighted by atomic mass is 10.2. The van der Waals surface area contributed by atoms with Gasteiger partial charge in [0.2, 0.25) is 11.8 Å². The van der Waals surface area contributed by atoms with Gasteiger partial charge in [0.1, 0.15) is 5.75 Å². The number of nitrogens with one attached hydrogen (secondary N) is 1. The Morgan fingerprint density at radius 3 is 2.37 bits per heavy atom. The van der Waals surface area contributed by atoms with E-state index in [2.05, 4.69) is 15.5 Å². The fraction of sp³-hybridized carbons (Fsp3) is 0.211. The van der Waals surface area contributed by atoms with Gasteiger partial charge >= 0.3 is 0 Å². The van der Waals surface area contributed by atoms with Crippen molar-refractivity contribution in [3.05, 3.63) is 77.9 Å². The molecule has 0 radical (unpaired) electrons. The number of sulfone groups is 1. The second-order valence-corrected chi connectivity index (χ2v) is 7.93. The molecule has 0 aliphatic carbocycles. The first-order valence-corrected chi connectivity index (χ1v) is 10.1. The second-order valence-electron chi connectivity index (χ2n) is 5.94. The molecule has 1 amide bonds. The summed E-state index contributed by atoms with van der Waals surface area (Å²) in [4.78, 5) is 16.2. The van der Waals surface area contributed by atoms with E-state index in [0.717, 1.165) is 5.56 Å². The van der Waals surface area contributed by atoms with Crippen LogP contribution in [0.3, 0.4) is 0 Å². The molecule has 0 spiro atoms. The summed E-state index contributed by atoms with van der Waals surface area (Å²) in [6.07, 6.45) is 0.429. The van der Waals surface area contributed by atoms with Crippen molar-refractivity contribution in [3.63, 3.8) is 0 Å². The third-order valence-electron chi connectivity index (χ3n) is 3.83. The molecule has 3 aromatic rings. The summed E-state index contributed by atoms with van der Waals surface area (Å²) in [5, 5.41) is 6.51. The van der Waals surface area contributed by atoms with Gasteiger partial charge in [0.25, 0.3) is 0 Å². The van der Waals surface area contributed by atoms with E-state index in [-0.39, 0.29) is 41.1 Å². The van der Waals surface area contributed by atoms with Crippen LogP contribution in [-0.4, -0.2) is 24.5 Å². The Morgan fingerprint density at radius 2 is 1.67 bits per heavy atom. The Labute approximate surface area is 157 Å². The Balaban J connectivity index is 1.50. The van der Waals surface area contributed by atoms with Gasteiger partial charge in [-0.3, -0.25) is 4.79 Å². The minimum absolute atomic E-state index is 0.0820. The van der Waals surface area contributed by atoms with Crippen molar-refractivity contribution < 1.29 is 17.7 Å². The van der Waals surface area contributed by atoms with Crippen molar-refractivity contribution in [2.45, 2.75) is 30.0 Å². The average Bonchev–Trinajstić information content (AvgIpc) is 3.13. The number of benzene rings is 2. The van der Waals surface area contributed by atoms with Crippen LogP contribution >= 0.6 is 0 Å². The topological polar surface area (TPSA) is 102 Å². The zero-order chi connectivity index (χ0) is 19.1. The van der Waals surface area contributed by atoms with Crippen LogP contribution in [-0.2, 0) is 33.4 Å². The van der Waals surface area contributed by atoms with Crippen molar-refractivity contribution in [1.29, 1.82) is 0 Å². The minimum Gasteiger partial charge on any atom is -0.352 e. The first kappa shape index (κ1) is 18.8. The van der Waals surface area contributed by atoms with E-state index in [1.165, 1.54) is 12.1 Å². The van der Waals surface area contributed by atoms with Gasteiger partial charge in [-0.15, -0.1) is 0 Å². The van der Waals surface area contributed by atoms with Crippen LogP contribution in [0.5, 0.6) is 0 Å². The molecule has 0 aliphatic heterocycles. The van der Waals surface area contributed by atoms with Gasteiger partial charge < -0.3 is 9.84 Å². The summed E-state index contributed by atoms with van der Waals surface area (Å²) >= 11 is 0. The Bertz CT molecular complexity index is 986. The van der Waals surface area contributed by atoms with Gasteiger partial charge in [-0.25, -0.2) is 8.42 Å². The molecule has 0 aliphatic rings. The molecule has 1 N–H and O–H groups in total. The van der Waals surface area contributed by atoms with E-state index < -0.39 is 9.84 Å². The zero-order valence-electron chi connectivity index (χ0n) is 14.5. The predicted octanol–water partition coefficient (Wildman–Crippen LogP) is 2.29. The van der Waals surface area contributed by atoms with Crippen LogP contribution in [0.25, 0.3) is 0 Å². The molecule has 2 aromatic carbocycles. The molecule has 0 bridgehead atoms. The molecule has 0 fully saturated rings. The molecule has 3 rings (SSSR count). The smallest absolute Gasteiger partial charge is 0.227 e. The lowest BCUT2D eigenvalue weighted by Crippen LogP contribution is -2.23. The quantitative estimate of drug-likeness (QED) is 0.638. The summed E-state index contributed by atoms with van der Waals surface area (Å²) in [7, 11) is -3.53. The number of aromatic nitrogens is 2. The van der Waals surface area contributed by atoms with Gasteiger partial charge in [0, 0.05) is 19.4 Å². The van der Waals surface area contributed by atoms with Gasteiger partial charge in [0.15, 0.2) is 15.7 Å². The molecular weight excluding hydrogens is 366 g/mol. The fourth-order valence-electron chi connectivity index (χ4n) is 2.44. The summed E-state index contributed by atoms with van der Waals surface area (Å²) in [5.74, 6) is -0.169. The van der Waals surface area contributed by atoms with Gasteiger partial charge in [-0.1, -0.05) is 53.7 Å². The van der Waals surface area contributed by atoms with Crippen LogP contribution in [0.1, 0.15) is 23.7 Å². The Hall–Kier alpha value is -3.00. The minimum atomic E-state index is -3.53. The van der Waals surface area contributed by atoms with Crippen LogP contribution < -0.4 is 5.32 Å². The largest absolute Gasteiger partial charge is 0.352 e. The Kier molecular flexibility index (Phi) is 5.97. The van der Waals surface area contributed by atoms with E-state index >= 15 is 0 Å². The SMILES string of the molecule is O=C(CCc1nc(CS(=O)(=O)c2ccccc2)no1)NCc1ccccc1. The first-order chi connectivity index (χ1) is 13.0. The number of amides is 1. The van der Waals surface area contributed by atoms with Crippen molar-refractivity contribution in [2.24, 2.45) is 0 Å². The predicted molar refractivity (Wildman–Crippen MR) is 98.2 cm³/mol. The molecular formula is C19H19N3O4S. The van der Waals surface area contributed by atoms with Crippen LogP contribution in [0.2, 0.25) is 0 Å². The molecule has 0 unspecified atom stereocenters. The van der Waals surface area contributed by atoms with Crippen LogP contribution in [0.4, 0.5) is 0 Å². The number of hydrogen-bond donors (Lipinski definition) is 1. The maximum Gasteiger partial charge on any atom is 0.227 e. The molecule has 27 heavy (non-hydrogen) atoms. The molecule has 0 atom stereocenters. The van der Waals surface area contributed by atoms with E-state index in [4.69, 9.17) is 4.52 Å². The number of carbonyl (C=O) groups is 1. The first-order valence-electron chi connectivity index (χ1n) is 8.43. The number of nitrogens with zero attached hydrogens (tertiary/aromatic N) is 2. The lowest BCUT2D eigenvalue weighted by Gasteiger charge is -2.03. The maximum absolute atomic E-state index is 12.3. The van der Waals surface area contributed by atoms with Crippen molar-refractivity contribution in [1.82, 2.24) is 15.5 Å². The number of hydrogen-bond acceptors (Lipinski definition) is 6. The number of aryl methyl sites for hydroxylation is 1. The molecule has 8 heteroatoms. The highest BCUT2D eigenvalue weighted by atomic mass is 32.2. The zero-order valence-corrected chi connectivity index (χ0v) is 15.4. The highest BCUT2D eigenvalue weighted by Gasteiger charge is 2.19. The molecule has 0 saturated heterocycles. The summed E-state index contributed by atoms with van der Waals surface area (Å²) in [6.45, 7) is 0.448. The molecule has 1 aromatic heterocycles. The van der Waals surface area contributed by atoms with Gasteiger partial charge in [-0.05, 0) is 17.7 Å². The molecule has 1 heterocycles. The van der Waals surface area contributed by atoms with Crippen molar-refractivity contribution in [3.8, 4) is 0 Å². The monoisotopic (exact) mass is 385 g/mol. The standard InChI is InChI=1S/C19H19N3O4S/c23-18(20-13-15-7-3-1-4-8-15)11-12-19-21-17(22-26-19)14-27(24,25)16-9-5-2-6-10-16/h1-10H,11-14H2,(H,20,23). The van der Waals surface area contributed by atoms with Crippen LogP contribution in [0.15, 0.2) is 70.1 Å². The number of carbonyl (C=O) groups excluding carboxylic acids is 1. The molecule has 0 saturated carbocycles. The normalized spacial score (nSPS) is 11.3. The second kappa shape index (κ2) is 8.59. The third kappa shape index (κ3) is 5.49. The van der Waals surface area contributed by atoms with Crippen molar-refractivity contribution in [2.75, 3.05) is 0 Å². The van der Waals surface area contributed by atoms with E-state index in [0.29, 0.717) is 6.54 Å².